The lowest BCUT2D eigenvalue weighted by Crippen LogP contribution is -2.24. The number of benzene rings is 2. The number of aliphatic hydroxyl groups is 2. The Balaban J connectivity index is 0.000000680. The van der Waals surface area contributed by atoms with Crippen molar-refractivity contribution in [3.8, 4) is 11.5 Å². The highest BCUT2D eigenvalue weighted by Crippen LogP contribution is 2.37. The van der Waals surface area contributed by atoms with Gasteiger partial charge < -0.3 is 35.7 Å². The van der Waals surface area contributed by atoms with Gasteiger partial charge in [0, 0.05) is 24.7 Å². The molecule has 36 heavy (non-hydrogen) atoms. The van der Waals surface area contributed by atoms with Gasteiger partial charge in [0.25, 0.3) is 0 Å². The van der Waals surface area contributed by atoms with Gasteiger partial charge in [-0.25, -0.2) is 0 Å². The molecule has 0 spiro atoms. The molecular formula is C26H36O10. The van der Waals surface area contributed by atoms with Crippen LogP contribution in [0.15, 0.2) is 48.5 Å². The highest BCUT2D eigenvalue weighted by atomic mass is 16.4. The fraction of sp³-hybridized carbons (Fsp3) is 0.423. The van der Waals surface area contributed by atoms with Crippen molar-refractivity contribution in [2.45, 2.75) is 63.9 Å². The molecule has 0 saturated heterocycles. The van der Waals surface area contributed by atoms with E-state index in [0.29, 0.717) is 19.3 Å². The molecule has 1 atom stereocenters. The second-order valence-electron chi connectivity index (χ2n) is 8.35. The van der Waals surface area contributed by atoms with E-state index in [0.717, 1.165) is 11.1 Å². The quantitative estimate of drug-likeness (QED) is 0.221. The minimum atomic E-state index is -0.870. The van der Waals surface area contributed by atoms with E-state index in [1.54, 1.807) is 48.5 Å². The van der Waals surface area contributed by atoms with Crippen molar-refractivity contribution in [1.29, 1.82) is 0 Å². The molecular weight excluding hydrogens is 472 g/mol. The van der Waals surface area contributed by atoms with Gasteiger partial charge in [0.1, 0.15) is 11.5 Å². The van der Waals surface area contributed by atoms with E-state index in [9.17, 15) is 24.6 Å². The average molecular weight is 509 g/mol. The molecule has 2 aromatic rings. The molecule has 1 unspecified atom stereocenters. The van der Waals surface area contributed by atoms with Crippen LogP contribution in [0.4, 0.5) is 0 Å². The highest BCUT2D eigenvalue weighted by molar-refractivity contribution is 5.68. The lowest BCUT2D eigenvalue weighted by atomic mass is 9.73. The smallest absolute Gasteiger partial charge is 0.303 e. The van der Waals surface area contributed by atoms with Gasteiger partial charge >= 0.3 is 17.9 Å². The third-order valence-electron chi connectivity index (χ3n) is 5.14. The Morgan fingerprint density at radius 3 is 1.28 bits per heavy atom. The number of rotatable bonds is 11. The van der Waals surface area contributed by atoms with E-state index in [2.05, 4.69) is 0 Å². The zero-order valence-electron chi connectivity index (χ0n) is 20.5. The Hall–Kier alpha value is -3.63. The fourth-order valence-corrected chi connectivity index (χ4v) is 3.02. The number of hydrogen-bond donors (Lipinski definition) is 7. The van der Waals surface area contributed by atoms with Crippen LogP contribution in [0.2, 0.25) is 0 Å². The van der Waals surface area contributed by atoms with Crippen LogP contribution < -0.4 is 0 Å². The van der Waals surface area contributed by atoms with Gasteiger partial charge in [-0.1, -0.05) is 31.2 Å². The molecule has 0 radical (unpaired) electrons. The van der Waals surface area contributed by atoms with Crippen LogP contribution in [-0.2, 0) is 19.8 Å². The monoisotopic (exact) mass is 508 g/mol. The number of aliphatic carboxylic acids is 3. The first-order chi connectivity index (χ1) is 16.8. The number of phenols is 2. The maximum Gasteiger partial charge on any atom is 0.303 e. The summed E-state index contributed by atoms with van der Waals surface area (Å²) in [6.45, 7) is 3.36. The van der Waals surface area contributed by atoms with E-state index < -0.39 is 29.4 Å². The molecule has 0 heterocycles. The highest BCUT2D eigenvalue weighted by Gasteiger charge is 2.29. The van der Waals surface area contributed by atoms with Crippen LogP contribution >= 0.6 is 0 Å². The van der Waals surface area contributed by atoms with Gasteiger partial charge in [0.05, 0.1) is 12.7 Å². The number of carboxylic acids is 3. The summed E-state index contributed by atoms with van der Waals surface area (Å²) in [5.41, 5.74) is 1.35. The molecule has 10 heteroatoms. The molecule has 10 nitrogen and oxygen atoms in total. The van der Waals surface area contributed by atoms with Crippen LogP contribution in [0.1, 0.15) is 63.5 Å². The summed E-state index contributed by atoms with van der Waals surface area (Å²) in [5.74, 6) is -2.25. The van der Waals surface area contributed by atoms with Crippen molar-refractivity contribution in [3.05, 3.63) is 59.7 Å². The summed E-state index contributed by atoms with van der Waals surface area (Å²) in [7, 11) is 0. The Morgan fingerprint density at radius 1 is 0.722 bits per heavy atom. The second kappa shape index (κ2) is 16.9. The van der Waals surface area contributed by atoms with E-state index >= 15 is 0 Å². The first-order valence-corrected chi connectivity index (χ1v) is 11.3. The van der Waals surface area contributed by atoms with Gasteiger partial charge in [-0.15, -0.1) is 0 Å². The number of carboxylic acid groups (broad SMARTS) is 3. The predicted octanol–water partition coefficient (Wildman–Crippen LogP) is 3.34. The maximum absolute atomic E-state index is 10.9. The van der Waals surface area contributed by atoms with Crippen LogP contribution in [0.3, 0.4) is 0 Å². The minimum absolute atomic E-state index is 0.0399. The first-order valence-electron chi connectivity index (χ1n) is 11.3. The van der Waals surface area contributed by atoms with Crippen molar-refractivity contribution in [3.63, 3.8) is 0 Å². The molecule has 2 rings (SSSR count). The summed E-state index contributed by atoms with van der Waals surface area (Å²) in [6.07, 6.45) is 0.926. The molecule has 0 fully saturated rings. The number of unbranched alkanes of at least 4 members (excludes halogenated alkanes) is 1. The van der Waals surface area contributed by atoms with E-state index in [-0.39, 0.29) is 37.4 Å². The lowest BCUT2D eigenvalue weighted by Gasteiger charge is -2.30. The van der Waals surface area contributed by atoms with Gasteiger partial charge in [-0.2, -0.15) is 0 Å². The Kier molecular flexibility index (Phi) is 15.2. The van der Waals surface area contributed by atoms with Crippen molar-refractivity contribution in [1.82, 2.24) is 0 Å². The molecule has 0 amide bonds. The summed E-state index contributed by atoms with van der Waals surface area (Å²) in [6, 6.07) is 13.6. The molecule has 0 aromatic heterocycles. The maximum atomic E-state index is 10.9. The van der Waals surface area contributed by atoms with Crippen molar-refractivity contribution >= 4 is 17.9 Å². The third-order valence-corrected chi connectivity index (χ3v) is 5.14. The first kappa shape index (κ1) is 32.4. The van der Waals surface area contributed by atoms with Crippen molar-refractivity contribution < 1.29 is 50.1 Å². The van der Waals surface area contributed by atoms with Crippen LogP contribution in [0, 0.1) is 0 Å². The molecule has 0 aliphatic rings. The second-order valence-corrected chi connectivity index (χ2v) is 8.35. The van der Waals surface area contributed by atoms with Crippen molar-refractivity contribution in [2.75, 3.05) is 6.61 Å². The molecule has 0 saturated carbocycles. The van der Waals surface area contributed by atoms with Crippen LogP contribution in [0.25, 0.3) is 0 Å². The number of aliphatic hydroxyl groups excluding tert-OH is 2. The van der Waals surface area contributed by atoms with Gasteiger partial charge in [-0.3, -0.25) is 14.4 Å². The molecule has 7 N–H and O–H groups in total. The Labute approximate surface area is 210 Å². The fourth-order valence-electron chi connectivity index (χ4n) is 3.02. The number of hydrogen-bond acceptors (Lipinski definition) is 7. The molecule has 2 aromatic carbocycles. The van der Waals surface area contributed by atoms with E-state index in [1.165, 1.54) is 6.92 Å². The molecule has 0 aliphatic heterocycles. The predicted molar refractivity (Wildman–Crippen MR) is 132 cm³/mol. The Bertz CT molecular complexity index is 859. The minimum Gasteiger partial charge on any atom is -0.508 e. The van der Waals surface area contributed by atoms with E-state index in [1.807, 2.05) is 6.92 Å². The zero-order chi connectivity index (χ0) is 27.7. The summed E-state index contributed by atoms with van der Waals surface area (Å²) < 4.78 is 0. The number of aromatic hydroxyl groups is 2. The molecule has 200 valence electrons. The van der Waals surface area contributed by atoms with Gasteiger partial charge in [0.2, 0.25) is 0 Å². The average Bonchev–Trinajstić information content (AvgIpc) is 2.81. The Morgan fingerprint density at radius 2 is 1.03 bits per heavy atom. The summed E-state index contributed by atoms with van der Waals surface area (Å²) in [4.78, 5) is 30.7. The summed E-state index contributed by atoms with van der Waals surface area (Å²) >= 11 is 0. The summed E-state index contributed by atoms with van der Waals surface area (Å²) in [5, 5.41) is 60.1. The molecule has 0 bridgehead atoms. The van der Waals surface area contributed by atoms with E-state index in [4.69, 9.17) is 25.5 Å². The van der Waals surface area contributed by atoms with Crippen LogP contribution in [0.5, 0.6) is 11.5 Å². The lowest BCUT2D eigenvalue weighted by molar-refractivity contribution is -0.139. The SMILES string of the molecule is CC(CCC(=O)O)(c1ccc(O)cc1)c1ccc(O)cc1.CC(O)CO.O=C(O)CCCCC(=O)O. The van der Waals surface area contributed by atoms with Gasteiger partial charge in [0.15, 0.2) is 0 Å². The third kappa shape index (κ3) is 13.9. The van der Waals surface area contributed by atoms with Gasteiger partial charge in [-0.05, 0) is 61.6 Å². The van der Waals surface area contributed by atoms with Crippen LogP contribution in [-0.4, -0.2) is 66.4 Å². The largest absolute Gasteiger partial charge is 0.508 e. The number of carbonyl (C=O) groups is 3. The topological polar surface area (TPSA) is 193 Å². The molecule has 0 aliphatic carbocycles. The standard InChI is InChI=1S/C17H18O4.C6H10O4.C3H8O2/c1-17(11-10-16(20)21,12-2-6-14(18)7-3-12)13-4-8-15(19)9-5-13;7-5(8)3-1-2-4-6(9)10;1-3(5)2-4/h2-9,18-19H,10-11H2,1H3,(H,20,21);1-4H2,(H,7,8)(H,9,10);3-5H,2H2,1H3. The van der Waals surface area contributed by atoms with Crippen molar-refractivity contribution in [2.24, 2.45) is 0 Å². The normalized spacial score (nSPS) is 11.2. The zero-order valence-corrected chi connectivity index (χ0v) is 20.5. The number of phenolic OH excluding ortho intramolecular Hbond substituents is 2.